The van der Waals surface area contributed by atoms with Gasteiger partial charge in [0.1, 0.15) is 11.6 Å². The molecule has 0 radical (unpaired) electrons. The molecule has 0 unspecified atom stereocenters. The van der Waals surface area contributed by atoms with Gasteiger partial charge in [0, 0.05) is 24.9 Å². The Morgan fingerprint density at radius 3 is 2.43 bits per heavy atom. The number of aromatic nitrogens is 6. The first-order valence-corrected chi connectivity index (χ1v) is 8.50. The minimum absolute atomic E-state index is 0.0365. The third-order valence-electron chi connectivity index (χ3n) is 4.71. The minimum atomic E-state index is -2.96. The molecule has 0 amide bonds. The molecule has 0 atom stereocenters. The molecule has 10 heteroatoms. The summed E-state index contributed by atoms with van der Waals surface area (Å²) in [5.74, 6) is 0.844. The standard InChI is InChI=1S/C18H18F2N6O2/c1-8-14(10(3)25(4)24-8)17-21-9(2)16-23-22-15-12(26(16)17)6-11(28-18(19)20)7-13(15)27-5/h6-7,18H,1-5H3. The Hall–Kier alpha value is -3.30. The number of hydrogen-bond donors (Lipinski definition) is 0. The zero-order valence-corrected chi connectivity index (χ0v) is 16.0. The van der Waals surface area contributed by atoms with Crippen LogP contribution in [0.25, 0.3) is 28.1 Å². The van der Waals surface area contributed by atoms with Crippen molar-refractivity contribution in [3.05, 3.63) is 29.2 Å². The van der Waals surface area contributed by atoms with Crippen molar-refractivity contribution >= 4 is 16.7 Å². The van der Waals surface area contributed by atoms with Crippen molar-refractivity contribution in [3.8, 4) is 22.9 Å². The van der Waals surface area contributed by atoms with Crippen LogP contribution in [-0.4, -0.2) is 43.1 Å². The summed E-state index contributed by atoms with van der Waals surface area (Å²) >= 11 is 0. The van der Waals surface area contributed by atoms with Gasteiger partial charge in [0.05, 0.1) is 29.6 Å². The summed E-state index contributed by atoms with van der Waals surface area (Å²) in [5, 5.41) is 12.9. The van der Waals surface area contributed by atoms with Crippen LogP contribution >= 0.6 is 0 Å². The fourth-order valence-corrected chi connectivity index (χ4v) is 3.39. The zero-order chi connectivity index (χ0) is 20.2. The van der Waals surface area contributed by atoms with Crippen molar-refractivity contribution in [3.63, 3.8) is 0 Å². The van der Waals surface area contributed by atoms with E-state index >= 15 is 0 Å². The highest BCUT2D eigenvalue weighted by molar-refractivity contribution is 5.87. The summed E-state index contributed by atoms with van der Waals surface area (Å²) in [7, 11) is 3.28. The number of rotatable bonds is 4. The molecule has 0 aliphatic carbocycles. The molecule has 8 nitrogen and oxygen atoms in total. The molecule has 4 rings (SSSR count). The zero-order valence-electron chi connectivity index (χ0n) is 16.0. The smallest absolute Gasteiger partial charge is 0.387 e. The first kappa shape index (κ1) is 18.1. The van der Waals surface area contributed by atoms with Crippen LogP contribution in [0.5, 0.6) is 11.5 Å². The van der Waals surface area contributed by atoms with Gasteiger partial charge in [-0.25, -0.2) is 4.98 Å². The third kappa shape index (κ3) is 2.63. The van der Waals surface area contributed by atoms with Crippen LogP contribution in [0, 0.1) is 20.8 Å². The van der Waals surface area contributed by atoms with Crippen molar-refractivity contribution < 1.29 is 18.3 Å². The summed E-state index contributed by atoms with van der Waals surface area (Å²) in [6.45, 7) is 2.69. The van der Waals surface area contributed by atoms with E-state index in [9.17, 15) is 8.78 Å². The maximum absolute atomic E-state index is 12.8. The molecule has 0 fully saturated rings. The highest BCUT2D eigenvalue weighted by Gasteiger charge is 2.22. The number of halogens is 2. The van der Waals surface area contributed by atoms with Gasteiger partial charge in [-0.3, -0.25) is 9.08 Å². The molecule has 3 aromatic heterocycles. The molecule has 0 saturated carbocycles. The summed E-state index contributed by atoms with van der Waals surface area (Å²) in [5.41, 5.74) is 4.64. The van der Waals surface area contributed by atoms with Gasteiger partial charge in [0.2, 0.25) is 0 Å². The van der Waals surface area contributed by atoms with Gasteiger partial charge in [-0.2, -0.15) is 13.9 Å². The quantitative estimate of drug-likeness (QED) is 0.534. The Bertz CT molecular complexity index is 1210. The van der Waals surface area contributed by atoms with Crippen LogP contribution in [0.1, 0.15) is 17.1 Å². The molecule has 4 aromatic rings. The fourth-order valence-electron chi connectivity index (χ4n) is 3.39. The van der Waals surface area contributed by atoms with Crippen LogP contribution in [0.3, 0.4) is 0 Å². The summed E-state index contributed by atoms with van der Waals surface area (Å²) in [6, 6.07) is 2.84. The molecule has 0 spiro atoms. The maximum atomic E-state index is 12.8. The van der Waals surface area contributed by atoms with Gasteiger partial charge < -0.3 is 9.47 Å². The van der Waals surface area contributed by atoms with Gasteiger partial charge in [0.25, 0.3) is 0 Å². The van der Waals surface area contributed by atoms with E-state index in [0.717, 1.165) is 17.0 Å². The number of benzene rings is 1. The van der Waals surface area contributed by atoms with Crippen LogP contribution in [0.15, 0.2) is 12.1 Å². The molecule has 0 aliphatic rings. The molecular formula is C18H18F2N6O2. The van der Waals surface area contributed by atoms with Gasteiger partial charge in [-0.05, 0) is 20.8 Å². The van der Waals surface area contributed by atoms with Crippen LogP contribution < -0.4 is 9.47 Å². The van der Waals surface area contributed by atoms with Crippen molar-refractivity contribution in [2.45, 2.75) is 27.4 Å². The first-order valence-electron chi connectivity index (χ1n) is 8.50. The lowest BCUT2D eigenvalue weighted by Gasteiger charge is -2.11. The highest BCUT2D eigenvalue weighted by atomic mass is 19.3. The van der Waals surface area contributed by atoms with E-state index in [-0.39, 0.29) is 11.5 Å². The number of nitrogens with zero attached hydrogens (tertiary/aromatic N) is 6. The molecule has 146 valence electrons. The second-order valence-electron chi connectivity index (χ2n) is 6.42. The molecule has 3 heterocycles. The number of imidazole rings is 1. The minimum Gasteiger partial charge on any atom is -0.494 e. The van der Waals surface area contributed by atoms with Gasteiger partial charge in [-0.15, -0.1) is 10.2 Å². The molecule has 0 bridgehead atoms. The van der Waals surface area contributed by atoms with Crippen LogP contribution in [0.4, 0.5) is 8.78 Å². The summed E-state index contributed by atoms with van der Waals surface area (Å²) in [6.07, 6.45) is 0. The molecule has 1 aromatic carbocycles. The third-order valence-corrected chi connectivity index (χ3v) is 4.71. The van der Waals surface area contributed by atoms with Crippen molar-refractivity contribution in [1.82, 2.24) is 29.4 Å². The average Bonchev–Trinajstić information content (AvgIpc) is 3.09. The number of ether oxygens (including phenoxy) is 2. The Morgan fingerprint density at radius 2 is 1.82 bits per heavy atom. The Morgan fingerprint density at radius 1 is 1.07 bits per heavy atom. The Labute approximate surface area is 158 Å². The van der Waals surface area contributed by atoms with E-state index < -0.39 is 6.61 Å². The molecular weight excluding hydrogens is 370 g/mol. The predicted molar refractivity (Wildman–Crippen MR) is 97.9 cm³/mol. The number of aryl methyl sites for hydroxylation is 3. The Balaban J connectivity index is 2.14. The second kappa shape index (κ2) is 6.39. The number of alkyl halides is 2. The maximum Gasteiger partial charge on any atom is 0.387 e. The largest absolute Gasteiger partial charge is 0.494 e. The van der Waals surface area contributed by atoms with E-state index in [1.54, 1.807) is 9.08 Å². The lowest BCUT2D eigenvalue weighted by atomic mass is 10.2. The highest BCUT2D eigenvalue weighted by Crippen LogP contribution is 2.34. The van der Waals surface area contributed by atoms with Crippen LogP contribution in [-0.2, 0) is 7.05 Å². The summed E-state index contributed by atoms with van der Waals surface area (Å²) in [4.78, 5) is 4.67. The fraction of sp³-hybridized carbons (Fsp3) is 0.333. The summed E-state index contributed by atoms with van der Waals surface area (Å²) < 4.78 is 39.1. The van der Waals surface area contributed by atoms with Gasteiger partial charge in [-0.1, -0.05) is 0 Å². The lowest BCUT2D eigenvalue weighted by molar-refractivity contribution is -0.0498. The predicted octanol–water partition coefficient (Wildman–Crippen LogP) is 3.21. The SMILES string of the molecule is COc1cc(OC(F)F)cc2c1nnc1c(C)nc(-c3c(C)nn(C)c3C)n12. The Kier molecular flexibility index (Phi) is 4.13. The van der Waals surface area contributed by atoms with E-state index in [0.29, 0.717) is 28.2 Å². The average molecular weight is 388 g/mol. The van der Waals surface area contributed by atoms with E-state index in [2.05, 4.69) is 25.0 Å². The molecule has 28 heavy (non-hydrogen) atoms. The van der Waals surface area contributed by atoms with E-state index in [1.165, 1.54) is 19.2 Å². The normalized spacial score (nSPS) is 11.7. The second-order valence-corrected chi connectivity index (χ2v) is 6.42. The molecule has 0 aliphatic heterocycles. The molecule has 0 N–H and O–H groups in total. The number of methoxy groups -OCH3 is 1. The van der Waals surface area contributed by atoms with E-state index in [1.807, 2.05) is 27.8 Å². The van der Waals surface area contributed by atoms with Gasteiger partial charge in [0.15, 0.2) is 16.9 Å². The first-order chi connectivity index (χ1) is 13.3. The van der Waals surface area contributed by atoms with E-state index in [4.69, 9.17) is 4.74 Å². The molecule has 0 saturated heterocycles. The van der Waals surface area contributed by atoms with Crippen LogP contribution in [0.2, 0.25) is 0 Å². The van der Waals surface area contributed by atoms with Crippen molar-refractivity contribution in [1.29, 1.82) is 0 Å². The lowest BCUT2D eigenvalue weighted by Crippen LogP contribution is -2.04. The van der Waals surface area contributed by atoms with Crippen molar-refractivity contribution in [2.24, 2.45) is 7.05 Å². The topological polar surface area (TPSA) is 79.4 Å². The number of fused-ring (bicyclic) bond motifs is 3. The van der Waals surface area contributed by atoms with Crippen molar-refractivity contribution in [2.75, 3.05) is 7.11 Å². The van der Waals surface area contributed by atoms with Gasteiger partial charge >= 0.3 is 6.61 Å². The number of hydrogen-bond acceptors (Lipinski definition) is 6. The monoisotopic (exact) mass is 388 g/mol.